The maximum absolute atomic E-state index is 6.88. The molecule has 0 saturated heterocycles. The van der Waals surface area contributed by atoms with Crippen LogP contribution in [0.1, 0.15) is 22.3 Å². The van der Waals surface area contributed by atoms with E-state index in [9.17, 15) is 0 Å². The van der Waals surface area contributed by atoms with Gasteiger partial charge in [-0.25, -0.2) is 0 Å². The molecule has 2 aliphatic rings. The summed E-state index contributed by atoms with van der Waals surface area (Å²) in [6, 6.07) is 89.0. The maximum Gasteiger partial charge on any atom is 0.178 e. The Morgan fingerprint density at radius 1 is 0.297 bits per heavy atom. The van der Waals surface area contributed by atoms with E-state index in [2.05, 4.69) is 229 Å². The first-order valence-corrected chi connectivity index (χ1v) is 21.8. The second kappa shape index (κ2) is 15.5. The third kappa shape index (κ3) is 6.20. The fraction of sp³-hybridized carbons (Fsp3) is 0.0164. The molecule has 1 aliphatic carbocycles. The normalized spacial score (nSPS) is 14.2. The van der Waals surface area contributed by atoms with Gasteiger partial charge in [-0.2, -0.15) is 0 Å². The lowest BCUT2D eigenvalue weighted by Crippen LogP contribution is -2.29. The summed E-state index contributed by atoms with van der Waals surface area (Å²) in [4.78, 5) is 2.40. The van der Waals surface area contributed by atoms with E-state index in [0.29, 0.717) is 17.2 Å². The Morgan fingerprint density at radius 3 is 1.36 bits per heavy atom. The van der Waals surface area contributed by atoms with Crippen LogP contribution in [0.3, 0.4) is 0 Å². The van der Waals surface area contributed by atoms with E-state index in [0.717, 1.165) is 67.3 Å². The van der Waals surface area contributed by atoms with Gasteiger partial charge in [0.25, 0.3) is 0 Å². The standard InChI is InChI=1S/C61H41NO2/c1-4-18-42(19-5-1)45-24-14-27-48(38-45)61(54-33-11-10-32-53(54)59-55(61)36-37-58-60(59)64-57-35-13-12-34-56(57)63-58)49-28-17-31-52(41-49)62(50-29-15-25-46(39-50)43-20-6-2-7-21-43)51-30-16-26-47(40-51)44-22-8-3-9-23-44/h1-41H. The van der Waals surface area contributed by atoms with E-state index < -0.39 is 5.41 Å². The largest absolute Gasteiger partial charge is 0.449 e. The van der Waals surface area contributed by atoms with Crippen LogP contribution in [0.5, 0.6) is 23.0 Å². The molecule has 1 atom stereocenters. The van der Waals surface area contributed by atoms with E-state index in [-0.39, 0.29) is 0 Å². The molecule has 1 aliphatic heterocycles. The van der Waals surface area contributed by atoms with Gasteiger partial charge in [0.1, 0.15) is 0 Å². The lowest BCUT2D eigenvalue weighted by atomic mass is 9.67. The first kappa shape index (κ1) is 37.4. The van der Waals surface area contributed by atoms with E-state index in [1.807, 2.05) is 24.3 Å². The zero-order valence-corrected chi connectivity index (χ0v) is 34.9. The predicted molar refractivity (Wildman–Crippen MR) is 261 cm³/mol. The molecule has 0 saturated carbocycles. The van der Waals surface area contributed by atoms with Gasteiger partial charge in [-0.3, -0.25) is 0 Å². The third-order valence-electron chi connectivity index (χ3n) is 12.8. The third-order valence-corrected chi connectivity index (χ3v) is 12.8. The molecule has 0 bridgehead atoms. The summed E-state index contributed by atoms with van der Waals surface area (Å²) < 4.78 is 13.4. The van der Waals surface area contributed by atoms with E-state index >= 15 is 0 Å². The van der Waals surface area contributed by atoms with Crippen LogP contribution >= 0.6 is 0 Å². The molecule has 12 rings (SSSR count). The molecule has 0 spiro atoms. The summed E-state index contributed by atoms with van der Waals surface area (Å²) in [5.74, 6) is 2.86. The summed E-state index contributed by atoms with van der Waals surface area (Å²) in [7, 11) is 0. The molecule has 302 valence electrons. The number of fused-ring (bicyclic) bond motifs is 6. The minimum absolute atomic E-state index is 0.706. The van der Waals surface area contributed by atoms with E-state index in [4.69, 9.17) is 9.47 Å². The zero-order chi connectivity index (χ0) is 42.5. The molecule has 1 unspecified atom stereocenters. The molecule has 64 heavy (non-hydrogen) atoms. The number of rotatable bonds is 8. The van der Waals surface area contributed by atoms with Gasteiger partial charge in [-0.15, -0.1) is 0 Å². The Labute approximate surface area is 373 Å². The second-order valence-corrected chi connectivity index (χ2v) is 16.4. The lowest BCUT2D eigenvalue weighted by Gasteiger charge is -2.36. The van der Waals surface area contributed by atoms with Gasteiger partial charge in [0, 0.05) is 22.6 Å². The number of ether oxygens (including phenoxy) is 2. The number of anilines is 3. The molecule has 0 amide bonds. The Morgan fingerprint density at radius 2 is 0.750 bits per heavy atom. The van der Waals surface area contributed by atoms with Crippen molar-refractivity contribution in [3.05, 3.63) is 271 Å². The lowest BCUT2D eigenvalue weighted by molar-refractivity contribution is 0.360. The summed E-state index contributed by atoms with van der Waals surface area (Å²) in [5, 5.41) is 0. The van der Waals surface area contributed by atoms with Gasteiger partial charge in [0.15, 0.2) is 23.0 Å². The van der Waals surface area contributed by atoms with Crippen LogP contribution in [0, 0.1) is 0 Å². The number of hydrogen-bond acceptors (Lipinski definition) is 3. The Hall–Kier alpha value is -8.40. The van der Waals surface area contributed by atoms with Crippen molar-refractivity contribution in [3.8, 4) is 67.5 Å². The molecule has 0 aromatic heterocycles. The summed E-state index contributed by atoms with van der Waals surface area (Å²) in [6.45, 7) is 0. The Kier molecular flexibility index (Phi) is 9.05. The number of hydrogen-bond donors (Lipinski definition) is 0. The smallest absolute Gasteiger partial charge is 0.178 e. The molecule has 0 fully saturated rings. The minimum Gasteiger partial charge on any atom is -0.449 e. The quantitative estimate of drug-likeness (QED) is 0.152. The predicted octanol–water partition coefficient (Wildman–Crippen LogP) is 16.4. The first-order chi connectivity index (χ1) is 31.7. The molecule has 3 nitrogen and oxygen atoms in total. The number of nitrogens with zero attached hydrogens (tertiary/aromatic N) is 1. The van der Waals surface area contributed by atoms with Crippen LogP contribution in [0.15, 0.2) is 249 Å². The monoisotopic (exact) mass is 819 g/mol. The van der Waals surface area contributed by atoms with Crippen LogP contribution in [-0.4, -0.2) is 0 Å². The Balaban J connectivity index is 1.11. The maximum atomic E-state index is 6.88. The van der Waals surface area contributed by atoms with E-state index in [1.165, 1.54) is 22.3 Å². The van der Waals surface area contributed by atoms with Crippen molar-refractivity contribution in [2.24, 2.45) is 0 Å². The fourth-order valence-electron chi connectivity index (χ4n) is 9.93. The zero-order valence-electron chi connectivity index (χ0n) is 34.9. The van der Waals surface area contributed by atoms with Crippen molar-refractivity contribution >= 4 is 17.1 Å². The van der Waals surface area contributed by atoms with Crippen LogP contribution < -0.4 is 14.4 Å². The average Bonchev–Trinajstić information content (AvgIpc) is 3.68. The van der Waals surface area contributed by atoms with Crippen molar-refractivity contribution in [3.63, 3.8) is 0 Å². The molecule has 10 aromatic rings. The van der Waals surface area contributed by atoms with Gasteiger partial charge >= 0.3 is 0 Å². The van der Waals surface area contributed by atoms with Gasteiger partial charge < -0.3 is 14.4 Å². The highest BCUT2D eigenvalue weighted by Crippen LogP contribution is 2.62. The van der Waals surface area contributed by atoms with Crippen LogP contribution in [0.4, 0.5) is 17.1 Å². The van der Waals surface area contributed by atoms with Gasteiger partial charge in [-0.1, -0.05) is 188 Å². The van der Waals surface area contributed by atoms with Crippen molar-refractivity contribution in [2.75, 3.05) is 4.90 Å². The van der Waals surface area contributed by atoms with Crippen molar-refractivity contribution in [2.45, 2.75) is 5.41 Å². The highest BCUT2D eigenvalue weighted by atomic mass is 16.6. The van der Waals surface area contributed by atoms with Gasteiger partial charge in [0.05, 0.1) is 5.41 Å². The highest BCUT2D eigenvalue weighted by Gasteiger charge is 2.48. The van der Waals surface area contributed by atoms with Crippen molar-refractivity contribution in [1.29, 1.82) is 0 Å². The van der Waals surface area contributed by atoms with Gasteiger partial charge in [0.2, 0.25) is 0 Å². The molecule has 1 heterocycles. The molecule has 3 heteroatoms. The van der Waals surface area contributed by atoms with E-state index in [1.54, 1.807) is 0 Å². The van der Waals surface area contributed by atoms with Crippen LogP contribution in [-0.2, 0) is 5.41 Å². The van der Waals surface area contributed by atoms with Crippen molar-refractivity contribution in [1.82, 2.24) is 0 Å². The highest BCUT2D eigenvalue weighted by molar-refractivity contribution is 5.93. The second-order valence-electron chi connectivity index (χ2n) is 16.4. The van der Waals surface area contributed by atoms with Crippen molar-refractivity contribution < 1.29 is 9.47 Å². The van der Waals surface area contributed by atoms with Gasteiger partial charge in [-0.05, 0) is 122 Å². The fourth-order valence-corrected chi connectivity index (χ4v) is 9.93. The van der Waals surface area contributed by atoms with Crippen LogP contribution in [0.2, 0.25) is 0 Å². The molecular weight excluding hydrogens is 779 g/mol. The minimum atomic E-state index is -0.745. The molecule has 0 radical (unpaired) electrons. The number of para-hydroxylation sites is 2. The molecule has 10 aromatic carbocycles. The molecule has 0 N–H and O–H groups in total. The first-order valence-electron chi connectivity index (χ1n) is 21.8. The summed E-state index contributed by atoms with van der Waals surface area (Å²) in [5.41, 5.74) is 16.2. The Bertz CT molecular complexity index is 3260. The summed E-state index contributed by atoms with van der Waals surface area (Å²) >= 11 is 0. The number of benzene rings is 10. The SMILES string of the molecule is c1ccc(-c2cccc(N(c3cccc(-c4ccccc4)c3)c3cccc(C4(c5cccc(-c6ccccc6)c5)c5ccccc5-c5c4ccc4c5Oc5ccccc5O4)c3)c2)cc1. The van der Waals surface area contributed by atoms with Crippen LogP contribution in [0.25, 0.3) is 44.5 Å². The topological polar surface area (TPSA) is 21.7 Å². The summed E-state index contributed by atoms with van der Waals surface area (Å²) in [6.07, 6.45) is 0. The molecular formula is C61H41NO2. The average molecular weight is 820 g/mol.